The van der Waals surface area contributed by atoms with Crippen molar-refractivity contribution in [1.29, 1.82) is 0 Å². The average molecular weight is 285 g/mol. The van der Waals surface area contributed by atoms with Gasteiger partial charge in [-0.1, -0.05) is 12.8 Å². The van der Waals surface area contributed by atoms with Crippen LogP contribution in [-0.2, 0) is 0 Å². The summed E-state index contributed by atoms with van der Waals surface area (Å²) in [4.78, 5) is 10.7. The van der Waals surface area contributed by atoms with Crippen LogP contribution >= 0.6 is 0 Å². The van der Waals surface area contributed by atoms with E-state index in [2.05, 4.69) is 31.4 Å². The molecular formula is C12H16KN5O. The zero-order valence-corrected chi connectivity index (χ0v) is 14.6. The van der Waals surface area contributed by atoms with E-state index in [1.165, 1.54) is 25.7 Å². The van der Waals surface area contributed by atoms with Crippen molar-refractivity contribution in [2.75, 3.05) is 25.1 Å². The monoisotopic (exact) mass is 285 g/mol. The Morgan fingerprint density at radius 3 is 2.58 bits per heavy atom. The molecule has 0 amide bonds. The number of hydrogen-bond acceptors (Lipinski definition) is 5. The number of methoxy groups -OCH3 is 1. The first-order valence-electron chi connectivity index (χ1n) is 6.31. The molecular weight excluding hydrogens is 269 g/mol. The Labute approximate surface area is 154 Å². The summed E-state index contributed by atoms with van der Waals surface area (Å²) in [6.07, 6.45) is 7.67. The molecule has 0 bridgehead atoms. The van der Waals surface area contributed by atoms with Gasteiger partial charge in [-0.05, 0) is 12.8 Å². The second-order valence-corrected chi connectivity index (χ2v) is 4.50. The summed E-state index contributed by atoms with van der Waals surface area (Å²) in [5.74, 6) is 1.44. The molecule has 0 atom stereocenters. The van der Waals surface area contributed by atoms with Crippen molar-refractivity contribution in [1.82, 2.24) is 20.2 Å². The number of anilines is 1. The van der Waals surface area contributed by atoms with E-state index in [9.17, 15) is 0 Å². The van der Waals surface area contributed by atoms with Gasteiger partial charge in [0.15, 0.2) is 0 Å². The summed E-state index contributed by atoms with van der Waals surface area (Å²) in [5.41, 5.74) is 0.682. The van der Waals surface area contributed by atoms with Gasteiger partial charge in [0.1, 0.15) is 0 Å². The molecule has 1 N–H and O–H groups in total. The minimum Gasteiger partial charge on any atom is -0.481 e. The molecule has 2 aromatic heterocycles. The number of aromatic nitrogens is 4. The number of hydrogen-bond donors (Lipinski definition) is 1. The Balaban J connectivity index is 0.00000133. The molecule has 1 saturated heterocycles. The van der Waals surface area contributed by atoms with Crippen LogP contribution in [0.5, 0.6) is 5.88 Å². The molecule has 1 fully saturated rings. The van der Waals surface area contributed by atoms with E-state index in [-0.39, 0.29) is 51.4 Å². The number of H-pyrrole nitrogens is 1. The van der Waals surface area contributed by atoms with Crippen molar-refractivity contribution in [3.8, 4) is 5.88 Å². The molecule has 0 aliphatic carbocycles. The van der Waals surface area contributed by atoms with Gasteiger partial charge in [0.25, 0.3) is 0 Å². The van der Waals surface area contributed by atoms with Crippen molar-refractivity contribution in [2.45, 2.75) is 25.7 Å². The summed E-state index contributed by atoms with van der Waals surface area (Å²) >= 11 is 0. The third kappa shape index (κ3) is 3.10. The molecule has 0 saturated carbocycles. The summed E-state index contributed by atoms with van der Waals surface area (Å²) < 4.78 is 5.27. The van der Waals surface area contributed by atoms with Gasteiger partial charge in [-0.15, -0.1) is 5.10 Å². The molecule has 0 radical (unpaired) electrons. The predicted molar refractivity (Wildman–Crippen MR) is 67.8 cm³/mol. The molecule has 2 aromatic rings. The van der Waals surface area contributed by atoms with Crippen LogP contribution in [-0.4, -0.2) is 40.4 Å². The number of nitrogens with zero attached hydrogens (tertiary/aromatic N) is 4. The van der Waals surface area contributed by atoms with Crippen LogP contribution in [0.1, 0.15) is 25.7 Å². The van der Waals surface area contributed by atoms with Crippen molar-refractivity contribution in [3.05, 3.63) is 6.33 Å². The number of aromatic amines is 1. The van der Waals surface area contributed by atoms with E-state index >= 15 is 0 Å². The van der Waals surface area contributed by atoms with Gasteiger partial charge in [-0.3, -0.25) is 0 Å². The van der Waals surface area contributed by atoms with Crippen molar-refractivity contribution < 1.29 is 56.1 Å². The van der Waals surface area contributed by atoms with E-state index in [1.807, 2.05) is 0 Å². The Morgan fingerprint density at radius 2 is 1.89 bits per heavy atom. The number of rotatable bonds is 2. The Kier molecular flexibility index (Phi) is 5.58. The van der Waals surface area contributed by atoms with Gasteiger partial charge in [0, 0.05) is 30.6 Å². The van der Waals surface area contributed by atoms with Crippen LogP contribution in [0, 0.1) is 6.33 Å². The van der Waals surface area contributed by atoms with Gasteiger partial charge < -0.3 is 24.7 Å². The smallest absolute Gasteiger partial charge is 0.481 e. The molecule has 19 heavy (non-hydrogen) atoms. The molecule has 0 unspecified atom stereocenters. The molecule has 7 heteroatoms. The number of nitrogens with one attached hydrogen (secondary N) is 1. The third-order valence-electron chi connectivity index (χ3n) is 3.35. The maximum atomic E-state index is 5.27. The molecule has 96 valence electrons. The van der Waals surface area contributed by atoms with Crippen LogP contribution < -0.4 is 61.0 Å². The maximum absolute atomic E-state index is 5.27. The standard InChI is InChI=1S/C12H16N5O.K/c1-18-12-9-10(15-16-12)13-8-14-11(9)17-6-4-2-3-5-7-17;/h2-7H2,1H3,(H,13,14,15,16);/q-1;+1. The molecule has 0 aromatic carbocycles. The topological polar surface area (TPSA) is 66.9 Å². The van der Waals surface area contributed by atoms with Gasteiger partial charge in [0.05, 0.1) is 12.8 Å². The van der Waals surface area contributed by atoms with E-state index in [0.29, 0.717) is 11.5 Å². The Hall–Kier alpha value is -0.214. The molecule has 1 aliphatic rings. The zero-order chi connectivity index (χ0) is 12.4. The summed E-state index contributed by atoms with van der Waals surface area (Å²) in [5, 5.41) is 7.81. The quantitative estimate of drug-likeness (QED) is 0.540. The molecule has 6 nitrogen and oxygen atoms in total. The van der Waals surface area contributed by atoms with E-state index in [4.69, 9.17) is 4.74 Å². The second-order valence-electron chi connectivity index (χ2n) is 4.50. The predicted octanol–water partition coefficient (Wildman–Crippen LogP) is -1.45. The van der Waals surface area contributed by atoms with Gasteiger partial charge in [-0.25, -0.2) is 0 Å². The summed E-state index contributed by atoms with van der Waals surface area (Å²) in [6, 6.07) is 0. The van der Waals surface area contributed by atoms with Crippen LogP contribution in [0.25, 0.3) is 11.0 Å². The first-order chi connectivity index (χ1) is 8.90. The fourth-order valence-electron chi connectivity index (χ4n) is 2.44. The normalized spacial score (nSPS) is 15.9. The summed E-state index contributed by atoms with van der Waals surface area (Å²) in [6.45, 7) is 2.04. The first-order valence-corrected chi connectivity index (χ1v) is 6.31. The van der Waals surface area contributed by atoms with Crippen LogP contribution in [0.4, 0.5) is 5.82 Å². The fraction of sp³-hybridized carbons (Fsp3) is 0.583. The fourth-order valence-corrected chi connectivity index (χ4v) is 2.44. The van der Waals surface area contributed by atoms with Crippen molar-refractivity contribution in [3.63, 3.8) is 0 Å². The van der Waals surface area contributed by atoms with Gasteiger partial charge >= 0.3 is 51.4 Å². The van der Waals surface area contributed by atoms with Crippen molar-refractivity contribution in [2.24, 2.45) is 0 Å². The largest absolute Gasteiger partial charge is 1.00 e. The van der Waals surface area contributed by atoms with Crippen molar-refractivity contribution >= 4 is 16.9 Å². The Bertz CT molecular complexity index is 536. The van der Waals surface area contributed by atoms with E-state index < -0.39 is 0 Å². The van der Waals surface area contributed by atoms with Crippen LogP contribution in [0.3, 0.4) is 0 Å². The van der Waals surface area contributed by atoms with E-state index in [0.717, 1.165) is 24.3 Å². The first kappa shape index (κ1) is 15.2. The number of ether oxygens (including phenoxy) is 1. The van der Waals surface area contributed by atoms with Crippen LogP contribution in [0.15, 0.2) is 0 Å². The van der Waals surface area contributed by atoms with Gasteiger partial charge in [-0.2, -0.15) is 0 Å². The minimum absolute atomic E-state index is 0. The average Bonchev–Trinajstić information content (AvgIpc) is 2.65. The molecule has 0 spiro atoms. The van der Waals surface area contributed by atoms with Gasteiger partial charge in [0.2, 0.25) is 5.88 Å². The minimum atomic E-state index is 0. The number of fused-ring (bicyclic) bond motifs is 1. The third-order valence-corrected chi connectivity index (χ3v) is 3.35. The summed E-state index contributed by atoms with van der Waals surface area (Å²) in [7, 11) is 1.61. The van der Waals surface area contributed by atoms with Crippen LogP contribution in [0.2, 0.25) is 0 Å². The van der Waals surface area contributed by atoms with E-state index in [1.54, 1.807) is 7.11 Å². The molecule has 3 heterocycles. The molecule has 3 rings (SSSR count). The molecule has 1 aliphatic heterocycles. The second kappa shape index (κ2) is 6.99. The SMILES string of the molecule is COc1n[nH]c2n[c-]nc(N3CCCCCC3)c12.[K+]. The maximum Gasteiger partial charge on any atom is 1.00 e. The zero-order valence-electron chi connectivity index (χ0n) is 11.4. The Morgan fingerprint density at radius 1 is 1.16 bits per heavy atom.